The van der Waals surface area contributed by atoms with E-state index in [9.17, 15) is 0 Å². The summed E-state index contributed by atoms with van der Waals surface area (Å²) in [6, 6.07) is 0. The summed E-state index contributed by atoms with van der Waals surface area (Å²) in [4.78, 5) is 0. The van der Waals surface area contributed by atoms with Crippen molar-refractivity contribution >= 4 is 0 Å². The van der Waals surface area contributed by atoms with Crippen molar-refractivity contribution in [2.24, 2.45) is 5.92 Å². The van der Waals surface area contributed by atoms with E-state index < -0.39 is 0 Å². The largest absolute Gasteiger partial charge is 0.377 e. The maximum Gasteiger partial charge on any atom is 0.0699 e. The maximum atomic E-state index is 5.71. The van der Waals surface area contributed by atoms with Gasteiger partial charge in [-0.25, -0.2) is 0 Å². The molecule has 2 heteroatoms. The highest BCUT2D eigenvalue weighted by Gasteiger charge is 2.15. The summed E-state index contributed by atoms with van der Waals surface area (Å²) < 4.78 is 5.71. The number of rotatable bonds is 5. The molecule has 1 saturated heterocycles. The van der Waals surface area contributed by atoms with Crippen LogP contribution in [0.1, 0.15) is 57.8 Å². The first-order valence-electron chi connectivity index (χ1n) is 7.27. The van der Waals surface area contributed by atoms with E-state index in [1.807, 2.05) is 0 Å². The molecule has 0 bridgehead atoms. The van der Waals surface area contributed by atoms with Crippen molar-refractivity contribution in [2.45, 2.75) is 63.9 Å². The molecular formula is C14H27NO. The zero-order valence-corrected chi connectivity index (χ0v) is 10.5. The van der Waals surface area contributed by atoms with Crippen LogP contribution in [0.2, 0.25) is 0 Å². The number of nitrogens with one attached hydrogen (secondary N) is 1. The number of ether oxygens (including phenoxy) is 1. The van der Waals surface area contributed by atoms with E-state index >= 15 is 0 Å². The summed E-state index contributed by atoms with van der Waals surface area (Å²) in [7, 11) is 0. The lowest BCUT2D eigenvalue weighted by Gasteiger charge is -2.24. The van der Waals surface area contributed by atoms with Crippen molar-refractivity contribution in [3.8, 4) is 0 Å². The molecule has 0 amide bonds. The third-order valence-corrected chi connectivity index (χ3v) is 4.10. The topological polar surface area (TPSA) is 21.3 Å². The van der Waals surface area contributed by atoms with Gasteiger partial charge in [-0.3, -0.25) is 0 Å². The molecule has 1 saturated carbocycles. The zero-order valence-electron chi connectivity index (χ0n) is 10.5. The molecular weight excluding hydrogens is 198 g/mol. The van der Waals surface area contributed by atoms with Gasteiger partial charge in [-0.15, -0.1) is 0 Å². The Labute approximate surface area is 100 Å². The molecule has 2 fully saturated rings. The van der Waals surface area contributed by atoms with E-state index in [1.165, 1.54) is 64.3 Å². The van der Waals surface area contributed by atoms with Crippen LogP contribution in [-0.2, 0) is 4.74 Å². The lowest BCUT2D eigenvalue weighted by molar-refractivity contribution is 0.0168. The van der Waals surface area contributed by atoms with E-state index in [-0.39, 0.29) is 0 Å². The summed E-state index contributed by atoms with van der Waals surface area (Å²) in [6.07, 6.45) is 13.1. The van der Waals surface area contributed by atoms with Crippen LogP contribution in [-0.4, -0.2) is 25.8 Å². The Balaban J connectivity index is 1.47. The molecule has 16 heavy (non-hydrogen) atoms. The van der Waals surface area contributed by atoms with E-state index in [0.29, 0.717) is 6.10 Å². The van der Waals surface area contributed by atoms with Crippen LogP contribution in [0.3, 0.4) is 0 Å². The van der Waals surface area contributed by atoms with Crippen molar-refractivity contribution in [1.29, 1.82) is 0 Å². The monoisotopic (exact) mass is 225 g/mol. The maximum absolute atomic E-state index is 5.71. The minimum absolute atomic E-state index is 0.500. The summed E-state index contributed by atoms with van der Waals surface area (Å²) in [5.74, 6) is 1.01. The molecule has 0 aromatic rings. The van der Waals surface area contributed by atoms with Gasteiger partial charge in [-0.2, -0.15) is 0 Å². The average Bonchev–Trinajstić information content (AvgIpc) is 2.37. The predicted molar refractivity (Wildman–Crippen MR) is 67.7 cm³/mol. The zero-order chi connectivity index (χ0) is 11.1. The molecule has 0 spiro atoms. The van der Waals surface area contributed by atoms with Crippen LogP contribution in [0, 0.1) is 5.92 Å². The molecule has 1 heterocycles. The minimum atomic E-state index is 0.500. The van der Waals surface area contributed by atoms with Gasteiger partial charge >= 0.3 is 0 Å². The molecule has 2 aliphatic rings. The molecule has 1 aliphatic carbocycles. The molecule has 1 N–H and O–H groups in total. The van der Waals surface area contributed by atoms with Crippen LogP contribution in [0.4, 0.5) is 0 Å². The minimum Gasteiger partial charge on any atom is -0.377 e. The van der Waals surface area contributed by atoms with Gasteiger partial charge in [0, 0.05) is 13.2 Å². The highest BCUT2D eigenvalue weighted by Crippen LogP contribution is 2.25. The smallest absolute Gasteiger partial charge is 0.0699 e. The first-order chi connectivity index (χ1) is 7.95. The highest BCUT2D eigenvalue weighted by molar-refractivity contribution is 4.69. The molecule has 0 aromatic carbocycles. The van der Waals surface area contributed by atoms with Gasteiger partial charge < -0.3 is 10.1 Å². The summed E-state index contributed by atoms with van der Waals surface area (Å²) in [6.45, 7) is 3.26. The van der Waals surface area contributed by atoms with E-state index in [2.05, 4.69) is 5.32 Å². The van der Waals surface area contributed by atoms with E-state index in [4.69, 9.17) is 4.74 Å². The quantitative estimate of drug-likeness (QED) is 0.726. The van der Waals surface area contributed by atoms with Crippen molar-refractivity contribution in [3.05, 3.63) is 0 Å². The van der Waals surface area contributed by atoms with Crippen molar-refractivity contribution in [3.63, 3.8) is 0 Å². The first kappa shape index (κ1) is 12.4. The van der Waals surface area contributed by atoms with Gasteiger partial charge in [0.2, 0.25) is 0 Å². The van der Waals surface area contributed by atoms with Crippen molar-refractivity contribution in [1.82, 2.24) is 5.32 Å². The fourth-order valence-electron chi connectivity index (χ4n) is 3.01. The van der Waals surface area contributed by atoms with Gasteiger partial charge in [-0.1, -0.05) is 32.1 Å². The van der Waals surface area contributed by atoms with Gasteiger partial charge in [0.05, 0.1) is 6.10 Å². The highest BCUT2D eigenvalue weighted by atomic mass is 16.5. The van der Waals surface area contributed by atoms with E-state index in [1.54, 1.807) is 0 Å². The Morgan fingerprint density at radius 3 is 2.50 bits per heavy atom. The van der Waals surface area contributed by atoms with Gasteiger partial charge in [0.25, 0.3) is 0 Å². The molecule has 0 radical (unpaired) electrons. The second kappa shape index (κ2) is 7.29. The summed E-state index contributed by atoms with van der Waals surface area (Å²) >= 11 is 0. The van der Waals surface area contributed by atoms with Crippen molar-refractivity contribution in [2.75, 3.05) is 19.7 Å². The molecule has 1 unspecified atom stereocenters. The third kappa shape index (κ3) is 4.42. The molecule has 1 aliphatic heterocycles. The molecule has 2 rings (SSSR count). The Kier molecular flexibility index (Phi) is 5.64. The Morgan fingerprint density at radius 2 is 1.75 bits per heavy atom. The molecule has 94 valence electrons. The average molecular weight is 225 g/mol. The Hall–Kier alpha value is -0.0800. The lowest BCUT2D eigenvalue weighted by atomic mass is 9.87. The van der Waals surface area contributed by atoms with E-state index in [0.717, 1.165) is 19.1 Å². The Bertz CT molecular complexity index is 152. The fraction of sp³-hybridized carbons (Fsp3) is 1.00. The predicted octanol–water partition coefficient (Wildman–Crippen LogP) is 3.12. The SMILES string of the molecule is C1CCC(CCNCC2CCCCO2)CC1. The number of hydrogen-bond donors (Lipinski definition) is 1. The van der Waals surface area contributed by atoms with Crippen LogP contribution in [0.5, 0.6) is 0 Å². The second-order valence-corrected chi connectivity index (χ2v) is 5.49. The van der Waals surface area contributed by atoms with Crippen LogP contribution < -0.4 is 5.32 Å². The third-order valence-electron chi connectivity index (χ3n) is 4.10. The summed E-state index contributed by atoms with van der Waals surface area (Å²) in [5, 5.41) is 3.58. The lowest BCUT2D eigenvalue weighted by Crippen LogP contribution is -2.32. The molecule has 0 aromatic heterocycles. The Morgan fingerprint density at radius 1 is 0.938 bits per heavy atom. The second-order valence-electron chi connectivity index (χ2n) is 5.49. The van der Waals surface area contributed by atoms with Gasteiger partial charge in [0.15, 0.2) is 0 Å². The first-order valence-corrected chi connectivity index (χ1v) is 7.27. The van der Waals surface area contributed by atoms with Crippen LogP contribution in [0.15, 0.2) is 0 Å². The van der Waals surface area contributed by atoms with Crippen LogP contribution in [0.25, 0.3) is 0 Å². The fourth-order valence-corrected chi connectivity index (χ4v) is 3.01. The van der Waals surface area contributed by atoms with Gasteiger partial charge in [-0.05, 0) is 38.1 Å². The standard InChI is InChI=1S/C14H27NO/c1-2-6-13(7-3-1)9-10-15-12-14-8-4-5-11-16-14/h13-15H,1-12H2. The molecule has 1 atom stereocenters. The summed E-state index contributed by atoms with van der Waals surface area (Å²) in [5.41, 5.74) is 0. The van der Waals surface area contributed by atoms with Crippen molar-refractivity contribution < 1.29 is 4.74 Å². The van der Waals surface area contributed by atoms with Gasteiger partial charge in [0.1, 0.15) is 0 Å². The van der Waals surface area contributed by atoms with Crippen LogP contribution >= 0.6 is 0 Å². The normalized spacial score (nSPS) is 28.1. The number of hydrogen-bond acceptors (Lipinski definition) is 2. The molecule has 2 nitrogen and oxygen atoms in total.